The first kappa shape index (κ1) is 16.6. The Morgan fingerprint density at radius 2 is 1.82 bits per heavy atom. The Balaban J connectivity index is 3.65. The van der Waals surface area contributed by atoms with E-state index in [1.165, 1.54) is 4.72 Å². The quantitative estimate of drug-likeness (QED) is 0.491. The van der Waals surface area contributed by atoms with Gasteiger partial charge in [-0.25, -0.2) is 4.72 Å². The van der Waals surface area contributed by atoms with Crippen molar-refractivity contribution in [3.63, 3.8) is 0 Å². The molecule has 3 N–H and O–H groups in total. The second-order valence-electron chi connectivity index (χ2n) is 3.02. The minimum atomic E-state index is -4.58. The van der Waals surface area contributed by atoms with E-state index in [2.05, 4.69) is 0 Å². The van der Waals surface area contributed by atoms with Crippen LogP contribution in [0.25, 0.3) is 0 Å². The molecule has 0 bridgehead atoms. The number of aliphatic hydroxyl groups excluding tert-OH is 1. The van der Waals surface area contributed by atoms with E-state index in [0.717, 1.165) is 0 Å². The van der Waals surface area contributed by atoms with Gasteiger partial charge in [0, 0.05) is 13.2 Å². The maximum absolute atomic E-state index is 11.7. The zero-order valence-corrected chi connectivity index (χ0v) is 9.77. The Kier molecular flexibility index (Phi) is 7.63. The van der Waals surface area contributed by atoms with Crippen molar-refractivity contribution in [2.75, 3.05) is 32.9 Å². The highest BCUT2D eigenvalue weighted by Gasteiger charge is 2.29. The number of nitrogens with one attached hydrogen (secondary N) is 2. The number of hydrogen-bond acceptors (Lipinski definition) is 4. The van der Waals surface area contributed by atoms with Crippen LogP contribution in [0.5, 0.6) is 0 Å². The smallest absolute Gasteiger partial charge is 0.394 e. The van der Waals surface area contributed by atoms with Crippen molar-refractivity contribution < 1.29 is 31.4 Å². The summed E-state index contributed by atoms with van der Waals surface area (Å²) in [5.74, 6) is 0. The van der Waals surface area contributed by atoms with Gasteiger partial charge in [-0.2, -0.15) is 26.3 Å². The molecule has 0 unspecified atom stereocenters. The summed E-state index contributed by atoms with van der Waals surface area (Å²) >= 11 is 0. The highest BCUT2D eigenvalue weighted by Crippen LogP contribution is 2.12. The van der Waals surface area contributed by atoms with Crippen LogP contribution in [0.3, 0.4) is 0 Å². The van der Waals surface area contributed by atoms with Crippen LogP contribution in [-0.2, 0) is 14.9 Å². The number of aliphatic hydroxyl groups is 1. The van der Waals surface area contributed by atoms with Crippen molar-refractivity contribution in [3.05, 3.63) is 0 Å². The minimum Gasteiger partial charge on any atom is -0.394 e. The van der Waals surface area contributed by atoms with Gasteiger partial charge >= 0.3 is 6.18 Å². The van der Waals surface area contributed by atoms with Crippen LogP contribution < -0.4 is 9.44 Å². The molecule has 0 spiro atoms. The first-order valence-corrected chi connectivity index (χ1v) is 6.25. The van der Waals surface area contributed by atoms with Gasteiger partial charge in [0.1, 0.15) is 6.54 Å². The molecule has 0 rings (SSSR count). The molecule has 0 fully saturated rings. The van der Waals surface area contributed by atoms with Gasteiger partial charge in [0.15, 0.2) is 0 Å². The number of hydrogen-bond donors (Lipinski definition) is 3. The summed E-state index contributed by atoms with van der Waals surface area (Å²) < 4.78 is 65.2. The molecule has 0 aliphatic carbocycles. The molecule has 0 aliphatic rings. The summed E-state index contributed by atoms with van der Waals surface area (Å²) in [6.45, 7) is -1.44. The topological polar surface area (TPSA) is 87.7 Å². The standard InChI is InChI=1S/C7H15F3N2O4S/c8-7(9,10)6-12-17(14,15)11-2-1-4-16-5-3-13/h11-13H,1-6H2. The van der Waals surface area contributed by atoms with Crippen molar-refractivity contribution in [2.24, 2.45) is 0 Å². The summed E-state index contributed by atoms with van der Waals surface area (Å²) in [6, 6.07) is 0. The van der Waals surface area contributed by atoms with Gasteiger partial charge < -0.3 is 9.84 Å². The molecule has 0 aromatic carbocycles. The summed E-state index contributed by atoms with van der Waals surface area (Å²) in [5, 5.41) is 8.35. The lowest BCUT2D eigenvalue weighted by Gasteiger charge is -2.10. The van der Waals surface area contributed by atoms with Gasteiger partial charge in [-0.15, -0.1) is 0 Å². The van der Waals surface area contributed by atoms with Gasteiger partial charge in [-0.05, 0) is 6.42 Å². The Morgan fingerprint density at radius 1 is 1.18 bits per heavy atom. The Hall–Kier alpha value is -0.420. The van der Waals surface area contributed by atoms with Crippen LogP contribution in [0, 0.1) is 0 Å². The second kappa shape index (κ2) is 7.82. The maximum atomic E-state index is 11.7. The molecular formula is C7H15F3N2O4S. The molecule has 0 saturated heterocycles. The third-order valence-electron chi connectivity index (χ3n) is 1.46. The molecule has 0 saturated carbocycles. The second-order valence-corrected chi connectivity index (χ2v) is 4.61. The van der Waals surface area contributed by atoms with Crippen LogP contribution in [-0.4, -0.2) is 52.6 Å². The van der Waals surface area contributed by atoms with E-state index in [9.17, 15) is 21.6 Å². The Morgan fingerprint density at radius 3 is 2.35 bits per heavy atom. The van der Waals surface area contributed by atoms with Crippen molar-refractivity contribution in [2.45, 2.75) is 12.6 Å². The lowest BCUT2D eigenvalue weighted by Crippen LogP contribution is -2.41. The van der Waals surface area contributed by atoms with E-state index in [0.29, 0.717) is 6.42 Å². The fourth-order valence-electron chi connectivity index (χ4n) is 0.775. The first-order chi connectivity index (χ1) is 7.77. The summed E-state index contributed by atoms with van der Waals surface area (Å²) in [4.78, 5) is 0. The monoisotopic (exact) mass is 280 g/mol. The normalized spacial score (nSPS) is 12.9. The molecule has 0 heterocycles. The van der Waals surface area contributed by atoms with Crippen LogP contribution in [0.4, 0.5) is 13.2 Å². The van der Waals surface area contributed by atoms with Crippen molar-refractivity contribution >= 4 is 10.2 Å². The van der Waals surface area contributed by atoms with Crippen LogP contribution >= 0.6 is 0 Å². The van der Waals surface area contributed by atoms with Gasteiger partial charge in [0.25, 0.3) is 10.2 Å². The van der Waals surface area contributed by atoms with Crippen molar-refractivity contribution in [1.82, 2.24) is 9.44 Å². The molecule has 0 amide bonds. The van der Waals surface area contributed by atoms with Gasteiger partial charge in [-0.3, -0.25) is 0 Å². The van der Waals surface area contributed by atoms with Crippen LogP contribution in [0.15, 0.2) is 0 Å². The minimum absolute atomic E-state index is 0.0430. The van der Waals surface area contributed by atoms with Crippen LogP contribution in [0.2, 0.25) is 0 Å². The fourth-order valence-corrected chi connectivity index (χ4v) is 1.64. The van der Waals surface area contributed by atoms with Crippen molar-refractivity contribution in [1.29, 1.82) is 0 Å². The molecule has 6 nitrogen and oxygen atoms in total. The maximum Gasteiger partial charge on any atom is 0.402 e. The Bertz CT molecular complexity index is 294. The molecule has 10 heteroatoms. The number of rotatable bonds is 9. The molecule has 17 heavy (non-hydrogen) atoms. The average molecular weight is 280 g/mol. The van der Waals surface area contributed by atoms with E-state index in [-0.39, 0.29) is 26.4 Å². The summed E-state index contributed by atoms with van der Waals surface area (Å²) in [7, 11) is -4.13. The highest BCUT2D eigenvalue weighted by molar-refractivity contribution is 7.87. The van der Waals surface area contributed by atoms with Gasteiger partial charge in [-0.1, -0.05) is 0 Å². The zero-order chi connectivity index (χ0) is 13.4. The SMILES string of the molecule is O=S(=O)(NCCCOCCO)NCC(F)(F)F. The molecule has 0 radical (unpaired) electrons. The predicted molar refractivity (Wildman–Crippen MR) is 53.5 cm³/mol. The van der Waals surface area contributed by atoms with Crippen molar-refractivity contribution in [3.8, 4) is 0 Å². The van der Waals surface area contributed by atoms with Gasteiger partial charge in [0.2, 0.25) is 0 Å². The fraction of sp³-hybridized carbons (Fsp3) is 1.00. The largest absolute Gasteiger partial charge is 0.402 e. The third-order valence-corrected chi connectivity index (χ3v) is 2.56. The summed E-state index contributed by atoms with van der Waals surface area (Å²) in [6.07, 6.45) is -4.29. The molecule has 0 aromatic rings. The zero-order valence-electron chi connectivity index (χ0n) is 8.96. The number of ether oxygens (including phenoxy) is 1. The average Bonchev–Trinajstić information content (AvgIpc) is 2.20. The Labute approximate surface area is 97.3 Å². The molecular weight excluding hydrogens is 265 g/mol. The predicted octanol–water partition coefficient (Wildman–Crippen LogP) is -0.628. The molecule has 0 aromatic heterocycles. The molecule has 104 valence electrons. The van der Waals surface area contributed by atoms with E-state index in [4.69, 9.17) is 9.84 Å². The van der Waals surface area contributed by atoms with E-state index in [1.807, 2.05) is 4.72 Å². The van der Waals surface area contributed by atoms with E-state index >= 15 is 0 Å². The van der Waals surface area contributed by atoms with Gasteiger partial charge in [0.05, 0.1) is 13.2 Å². The molecule has 0 atom stereocenters. The number of alkyl halides is 3. The molecule has 0 aliphatic heterocycles. The summed E-state index contributed by atoms with van der Waals surface area (Å²) in [5.41, 5.74) is 0. The number of halogens is 3. The first-order valence-electron chi connectivity index (χ1n) is 4.76. The lowest BCUT2D eigenvalue weighted by atomic mass is 10.5. The third kappa shape index (κ3) is 11.8. The highest BCUT2D eigenvalue weighted by atomic mass is 32.2. The van der Waals surface area contributed by atoms with Crippen LogP contribution in [0.1, 0.15) is 6.42 Å². The van der Waals surface area contributed by atoms with E-state index < -0.39 is 22.9 Å². The lowest BCUT2D eigenvalue weighted by molar-refractivity contribution is -0.121. The van der Waals surface area contributed by atoms with E-state index in [1.54, 1.807) is 0 Å².